The van der Waals surface area contributed by atoms with Gasteiger partial charge in [-0.25, -0.2) is 0 Å². The lowest BCUT2D eigenvalue weighted by Crippen LogP contribution is -2.44. The Bertz CT molecular complexity index is 874. The van der Waals surface area contributed by atoms with Crippen LogP contribution in [0.3, 0.4) is 0 Å². The van der Waals surface area contributed by atoms with Crippen LogP contribution in [0.5, 0.6) is 5.75 Å². The summed E-state index contributed by atoms with van der Waals surface area (Å²) < 4.78 is 5.85. The van der Waals surface area contributed by atoms with E-state index in [1.807, 2.05) is 36.5 Å². The van der Waals surface area contributed by atoms with Crippen LogP contribution in [0.15, 0.2) is 79.1 Å². The van der Waals surface area contributed by atoms with Crippen molar-refractivity contribution in [2.75, 3.05) is 19.7 Å². The van der Waals surface area contributed by atoms with Gasteiger partial charge in [-0.1, -0.05) is 48.5 Å². The van der Waals surface area contributed by atoms with Gasteiger partial charge in [0.05, 0.1) is 6.61 Å². The van der Waals surface area contributed by atoms with E-state index >= 15 is 0 Å². The SMILES string of the molecule is OCC1(c2ccccc2)CCN(Cc2ccc(OCc3cccnc3)cc2)CC1. The third-order valence-corrected chi connectivity index (χ3v) is 5.96. The van der Waals surface area contributed by atoms with Gasteiger partial charge < -0.3 is 9.84 Å². The Morgan fingerprint density at radius 1 is 0.897 bits per heavy atom. The average Bonchev–Trinajstić information content (AvgIpc) is 2.81. The maximum absolute atomic E-state index is 10.1. The van der Waals surface area contributed by atoms with Gasteiger partial charge in [0.2, 0.25) is 0 Å². The molecule has 0 aliphatic carbocycles. The Kier molecular flexibility index (Phi) is 6.23. The summed E-state index contributed by atoms with van der Waals surface area (Å²) in [6.45, 7) is 3.67. The van der Waals surface area contributed by atoms with E-state index in [1.165, 1.54) is 11.1 Å². The molecule has 4 nitrogen and oxygen atoms in total. The molecule has 2 aromatic carbocycles. The number of ether oxygens (including phenoxy) is 1. The van der Waals surface area contributed by atoms with E-state index in [-0.39, 0.29) is 12.0 Å². The molecule has 1 fully saturated rings. The number of likely N-dealkylation sites (tertiary alicyclic amines) is 1. The van der Waals surface area contributed by atoms with Crippen LogP contribution in [-0.2, 0) is 18.6 Å². The van der Waals surface area contributed by atoms with Crippen LogP contribution in [0, 0.1) is 0 Å². The second-order valence-corrected chi connectivity index (χ2v) is 7.87. The highest BCUT2D eigenvalue weighted by molar-refractivity contribution is 5.29. The van der Waals surface area contributed by atoms with Gasteiger partial charge >= 0.3 is 0 Å². The van der Waals surface area contributed by atoms with E-state index in [0.29, 0.717) is 6.61 Å². The molecule has 0 atom stereocenters. The number of aromatic nitrogens is 1. The van der Waals surface area contributed by atoms with Crippen LogP contribution in [0.2, 0.25) is 0 Å². The van der Waals surface area contributed by atoms with Gasteiger partial charge in [0.15, 0.2) is 0 Å². The second kappa shape index (κ2) is 9.21. The maximum Gasteiger partial charge on any atom is 0.119 e. The molecule has 2 heterocycles. The minimum Gasteiger partial charge on any atom is -0.489 e. The molecular formula is C25H28N2O2. The molecule has 1 N–H and O–H groups in total. The fraction of sp³-hybridized carbons (Fsp3) is 0.320. The Morgan fingerprint density at radius 3 is 2.31 bits per heavy atom. The van der Waals surface area contributed by atoms with Crippen molar-refractivity contribution in [1.82, 2.24) is 9.88 Å². The minimum atomic E-state index is -0.0955. The zero-order chi connectivity index (χ0) is 19.9. The monoisotopic (exact) mass is 388 g/mol. The fourth-order valence-corrected chi connectivity index (χ4v) is 4.07. The normalized spacial score (nSPS) is 16.4. The average molecular weight is 389 g/mol. The molecule has 0 saturated carbocycles. The number of aliphatic hydroxyl groups excluding tert-OH is 1. The number of aliphatic hydroxyl groups is 1. The van der Waals surface area contributed by atoms with E-state index in [9.17, 15) is 5.11 Å². The molecule has 0 unspecified atom stereocenters. The van der Waals surface area contributed by atoms with Gasteiger partial charge in [0.1, 0.15) is 12.4 Å². The number of hydrogen-bond acceptors (Lipinski definition) is 4. The van der Waals surface area contributed by atoms with E-state index in [1.54, 1.807) is 6.20 Å². The van der Waals surface area contributed by atoms with E-state index in [4.69, 9.17) is 4.74 Å². The Hall–Kier alpha value is -2.69. The standard InChI is InChI=1S/C25H28N2O2/c28-20-25(23-6-2-1-3-7-23)12-15-27(16-13-25)18-21-8-10-24(11-9-21)29-19-22-5-4-14-26-17-22/h1-11,14,17,28H,12-13,15-16,18-20H2. The van der Waals surface area contributed by atoms with Crippen molar-refractivity contribution in [3.63, 3.8) is 0 Å². The Morgan fingerprint density at radius 2 is 1.66 bits per heavy atom. The summed E-state index contributed by atoms with van der Waals surface area (Å²) in [7, 11) is 0. The topological polar surface area (TPSA) is 45.6 Å². The van der Waals surface area contributed by atoms with Gasteiger partial charge in [-0.3, -0.25) is 9.88 Å². The molecule has 0 amide bonds. The lowest BCUT2D eigenvalue weighted by atomic mass is 9.73. The summed E-state index contributed by atoms with van der Waals surface area (Å²) in [6, 6.07) is 22.8. The highest BCUT2D eigenvalue weighted by Gasteiger charge is 2.35. The maximum atomic E-state index is 10.1. The molecule has 0 bridgehead atoms. The van der Waals surface area contributed by atoms with Gasteiger partial charge in [-0.15, -0.1) is 0 Å². The molecule has 1 aliphatic rings. The smallest absolute Gasteiger partial charge is 0.119 e. The molecule has 29 heavy (non-hydrogen) atoms. The number of benzene rings is 2. The lowest BCUT2D eigenvalue weighted by Gasteiger charge is -2.41. The predicted octanol–water partition coefficient (Wildman–Crippen LogP) is 4.19. The van der Waals surface area contributed by atoms with Gasteiger partial charge in [-0.2, -0.15) is 0 Å². The van der Waals surface area contributed by atoms with E-state index in [2.05, 4.69) is 46.3 Å². The van der Waals surface area contributed by atoms with Crippen molar-refractivity contribution < 1.29 is 9.84 Å². The van der Waals surface area contributed by atoms with Crippen LogP contribution in [-0.4, -0.2) is 34.7 Å². The van der Waals surface area contributed by atoms with Crippen molar-refractivity contribution in [3.05, 3.63) is 95.8 Å². The molecular weight excluding hydrogens is 360 g/mol. The highest BCUT2D eigenvalue weighted by Crippen LogP contribution is 2.35. The fourth-order valence-electron chi connectivity index (χ4n) is 4.07. The molecule has 1 aromatic heterocycles. The van der Waals surface area contributed by atoms with Crippen LogP contribution in [0.4, 0.5) is 0 Å². The van der Waals surface area contributed by atoms with Crippen LogP contribution in [0.1, 0.15) is 29.5 Å². The van der Waals surface area contributed by atoms with Crippen molar-refractivity contribution in [2.45, 2.75) is 31.4 Å². The summed E-state index contributed by atoms with van der Waals surface area (Å²) in [5.74, 6) is 0.875. The Labute approximate surface area is 172 Å². The molecule has 1 saturated heterocycles. The largest absolute Gasteiger partial charge is 0.489 e. The first-order valence-corrected chi connectivity index (χ1v) is 10.3. The summed E-state index contributed by atoms with van der Waals surface area (Å²) in [5.41, 5.74) is 3.52. The minimum absolute atomic E-state index is 0.0955. The molecule has 150 valence electrons. The predicted molar refractivity (Wildman–Crippen MR) is 115 cm³/mol. The zero-order valence-corrected chi connectivity index (χ0v) is 16.7. The van der Waals surface area contributed by atoms with E-state index < -0.39 is 0 Å². The lowest BCUT2D eigenvalue weighted by molar-refractivity contribution is 0.0974. The Balaban J connectivity index is 1.30. The van der Waals surface area contributed by atoms with Gasteiger partial charge in [0.25, 0.3) is 0 Å². The third kappa shape index (κ3) is 4.84. The number of pyridine rings is 1. The quantitative estimate of drug-likeness (QED) is 0.659. The molecule has 0 radical (unpaired) electrons. The molecule has 4 rings (SSSR count). The van der Waals surface area contributed by atoms with Crippen molar-refractivity contribution in [3.8, 4) is 5.75 Å². The van der Waals surface area contributed by atoms with Crippen LogP contribution >= 0.6 is 0 Å². The first-order chi connectivity index (χ1) is 14.3. The summed E-state index contributed by atoms with van der Waals surface area (Å²) in [4.78, 5) is 6.59. The third-order valence-electron chi connectivity index (χ3n) is 5.96. The van der Waals surface area contributed by atoms with Crippen molar-refractivity contribution in [2.24, 2.45) is 0 Å². The van der Waals surface area contributed by atoms with E-state index in [0.717, 1.165) is 43.8 Å². The summed E-state index contributed by atoms with van der Waals surface area (Å²) >= 11 is 0. The zero-order valence-electron chi connectivity index (χ0n) is 16.7. The second-order valence-electron chi connectivity index (χ2n) is 7.87. The summed E-state index contributed by atoms with van der Waals surface area (Å²) in [5, 5.41) is 10.1. The first kappa shape index (κ1) is 19.6. The molecule has 3 aromatic rings. The molecule has 0 spiro atoms. The number of nitrogens with zero attached hydrogens (tertiary/aromatic N) is 2. The number of rotatable bonds is 7. The highest BCUT2D eigenvalue weighted by atomic mass is 16.5. The molecule has 4 heteroatoms. The molecule has 1 aliphatic heterocycles. The van der Waals surface area contributed by atoms with Crippen LogP contribution < -0.4 is 4.74 Å². The van der Waals surface area contributed by atoms with Crippen LogP contribution in [0.25, 0.3) is 0 Å². The van der Waals surface area contributed by atoms with Gasteiger partial charge in [-0.05, 0) is 55.3 Å². The summed E-state index contributed by atoms with van der Waals surface area (Å²) in [6.07, 6.45) is 5.57. The van der Waals surface area contributed by atoms with Crippen molar-refractivity contribution in [1.29, 1.82) is 0 Å². The number of piperidine rings is 1. The van der Waals surface area contributed by atoms with Crippen molar-refractivity contribution >= 4 is 0 Å². The van der Waals surface area contributed by atoms with Gasteiger partial charge in [0, 0.05) is 29.9 Å². The first-order valence-electron chi connectivity index (χ1n) is 10.3. The number of hydrogen-bond donors (Lipinski definition) is 1.